The smallest absolute Gasteiger partial charge is 0.249 e. The average molecular weight is 239 g/mol. The second kappa shape index (κ2) is 5.67. The summed E-state index contributed by atoms with van der Waals surface area (Å²) in [5.41, 5.74) is 1.56. The van der Waals surface area contributed by atoms with Crippen LogP contribution in [0.25, 0.3) is 0 Å². The Morgan fingerprint density at radius 3 is 2.76 bits per heavy atom. The van der Waals surface area contributed by atoms with Crippen molar-refractivity contribution < 1.29 is 9.53 Å². The molecule has 98 valence electrons. The Bertz CT molecular complexity index is 307. The van der Waals surface area contributed by atoms with E-state index >= 15 is 0 Å². The number of amides is 1. The van der Waals surface area contributed by atoms with E-state index in [1.54, 1.807) is 7.11 Å². The highest BCUT2D eigenvalue weighted by molar-refractivity contribution is 5.78. The molecule has 1 aliphatic rings. The molecule has 0 aliphatic carbocycles. The molecule has 0 fully saturated rings. The minimum absolute atomic E-state index is 0.0949. The number of carbonyl (C=O) groups is 1. The van der Waals surface area contributed by atoms with E-state index in [1.165, 1.54) is 5.57 Å². The van der Waals surface area contributed by atoms with Crippen LogP contribution in [0.4, 0.5) is 0 Å². The van der Waals surface area contributed by atoms with Gasteiger partial charge in [0.05, 0.1) is 6.04 Å². The fourth-order valence-electron chi connectivity index (χ4n) is 2.48. The van der Waals surface area contributed by atoms with Gasteiger partial charge in [0.15, 0.2) is 0 Å². The van der Waals surface area contributed by atoms with Crippen molar-refractivity contribution in [1.82, 2.24) is 4.90 Å². The molecular weight excluding hydrogens is 214 g/mol. The van der Waals surface area contributed by atoms with Crippen molar-refractivity contribution in [2.45, 2.75) is 46.6 Å². The molecular formula is C14H25NO2. The van der Waals surface area contributed by atoms with Crippen LogP contribution in [-0.2, 0) is 9.53 Å². The summed E-state index contributed by atoms with van der Waals surface area (Å²) in [6, 6.07) is 0.196. The molecule has 1 atom stereocenters. The molecule has 1 rings (SSSR count). The van der Waals surface area contributed by atoms with Crippen molar-refractivity contribution in [1.29, 1.82) is 0 Å². The van der Waals surface area contributed by atoms with Crippen molar-refractivity contribution in [3.63, 3.8) is 0 Å². The molecule has 0 bridgehead atoms. The maximum atomic E-state index is 11.9. The second-order valence-corrected chi connectivity index (χ2v) is 5.38. The zero-order chi connectivity index (χ0) is 13.1. The zero-order valence-electron chi connectivity index (χ0n) is 11.7. The third-order valence-electron chi connectivity index (χ3n) is 3.91. The number of hydrogen-bond donors (Lipinski definition) is 0. The number of methoxy groups -OCH3 is 1. The Labute approximate surface area is 105 Å². The Hall–Kier alpha value is -0.830. The molecule has 0 aromatic rings. The first-order valence-corrected chi connectivity index (χ1v) is 6.43. The highest BCUT2D eigenvalue weighted by atomic mass is 16.5. The third-order valence-corrected chi connectivity index (χ3v) is 3.91. The van der Waals surface area contributed by atoms with Gasteiger partial charge >= 0.3 is 0 Å². The fourth-order valence-corrected chi connectivity index (χ4v) is 2.48. The van der Waals surface area contributed by atoms with Crippen LogP contribution in [0.5, 0.6) is 0 Å². The number of nitrogens with zero attached hydrogens (tertiary/aromatic N) is 1. The fraction of sp³-hybridized carbons (Fsp3) is 0.786. The van der Waals surface area contributed by atoms with Gasteiger partial charge in [-0.15, -0.1) is 0 Å². The van der Waals surface area contributed by atoms with Crippen LogP contribution in [0.2, 0.25) is 0 Å². The summed E-state index contributed by atoms with van der Waals surface area (Å²) in [6.07, 6.45) is 4.36. The van der Waals surface area contributed by atoms with Crippen molar-refractivity contribution >= 4 is 5.91 Å². The van der Waals surface area contributed by atoms with Gasteiger partial charge in [-0.05, 0) is 30.8 Å². The lowest BCUT2D eigenvalue weighted by Gasteiger charge is -2.40. The largest absolute Gasteiger partial charge is 0.375 e. The first kappa shape index (κ1) is 14.2. The summed E-state index contributed by atoms with van der Waals surface area (Å²) < 4.78 is 4.94. The van der Waals surface area contributed by atoms with Crippen molar-refractivity contribution in [2.75, 3.05) is 20.3 Å². The van der Waals surface area contributed by atoms with Gasteiger partial charge in [0, 0.05) is 13.7 Å². The van der Waals surface area contributed by atoms with Crippen LogP contribution in [0, 0.1) is 5.41 Å². The molecule has 17 heavy (non-hydrogen) atoms. The minimum atomic E-state index is 0.0949. The summed E-state index contributed by atoms with van der Waals surface area (Å²) in [5.74, 6) is 0.0949. The lowest BCUT2D eigenvalue weighted by Crippen LogP contribution is -2.46. The molecule has 3 nitrogen and oxygen atoms in total. The molecule has 0 aromatic carbocycles. The topological polar surface area (TPSA) is 29.5 Å². The van der Waals surface area contributed by atoms with Crippen molar-refractivity contribution in [2.24, 2.45) is 5.41 Å². The van der Waals surface area contributed by atoms with E-state index in [-0.39, 0.29) is 24.0 Å². The van der Waals surface area contributed by atoms with Gasteiger partial charge in [0.2, 0.25) is 5.91 Å². The van der Waals surface area contributed by atoms with E-state index in [9.17, 15) is 4.79 Å². The lowest BCUT2D eigenvalue weighted by molar-refractivity contribution is -0.137. The molecule has 0 spiro atoms. The average Bonchev–Trinajstić information content (AvgIpc) is 2.29. The summed E-state index contributed by atoms with van der Waals surface area (Å²) in [6.45, 7) is 9.82. The molecule has 1 aliphatic heterocycles. The van der Waals surface area contributed by atoms with Gasteiger partial charge in [-0.3, -0.25) is 4.79 Å². The van der Waals surface area contributed by atoms with E-state index in [4.69, 9.17) is 4.74 Å². The molecule has 0 radical (unpaired) electrons. The Morgan fingerprint density at radius 1 is 1.59 bits per heavy atom. The van der Waals surface area contributed by atoms with Crippen LogP contribution in [0.1, 0.15) is 40.5 Å². The van der Waals surface area contributed by atoms with Crippen LogP contribution < -0.4 is 0 Å². The Balaban J connectivity index is 2.84. The van der Waals surface area contributed by atoms with E-state index in [2.05, 4.69) is 33.8 Å². The summed E-state index contributed by atoms with van der Waals surface area (Å²) in [4.78, 5) is 13.9. The van der Waals surface area contributed by atoms with Crippen LogP contribution in [-0.4, -0.2) is 37.1 Å². The normalized spacial score (nSPS) is 21.4. The molecule has 0 saturated carbocycles. The minimum Gasteiger partial charge on any atom is -0.375 e. The van der Waals surface area contributed by atoms with Gasteiger partial charge in [0.25, 0.3) is 0 Å². The van der Waals surface area contributed by atoms with Crippen LogP contribution in [0.3, 0.4) is 0 Å². The van der Waals surface area contributed by atoms with Crippen molar-refractivity contribution in [3.05, 3.63) is 11.6 Å². The molecule has 3 heteroatoms. The summed E-state index contributed by atoms with van der Waals surface area (Å²) in [5, 5.41) is 0. The number of carbonyl (C=O) groups excluding carboxylic acids is 1. The molecule has 0 unspecified atom stereocenters. The predicted molar refractivity (Wildman–Crippen MR) is 69.8 cm³/mol. The Kier molecular flexibility index (Phi) is 4.75. The number of rotatable bonds is 4. The lowest BCUT2D eigenvalue weighted by atomic mass is 9.76. The second-order valence-electron chi connectivity index (χ2n) is 5.38. The van der Waals surface area contributed by atoms with Crippen LogP contribution >= 0.6 is 0 Å². The zero-order valence-corrected chi connectivity index (χ0v) is 11.7. The van der Waals surface area contributed by atoms with E-state index in [0.717, 1.165) is 19.4 Å². The monoisotopic (exact) mass is 239 g/mol. The Morgan fingerprint density at radius 2 is 2.24 bits per heavy atom. The first-order valence-electron chi connectivity index (χ1n) is 6.43. The van der Waals surface area contributed by atoms with Gasteiger partial charge in [-0.2, -0.15) is 0 Å². The maximum Gasteiger partial charge on any atom is 0.249 e. The molecule has 0 N–H and O–H groups in total. The van der Waals surface area contributed by atoms with Gasteiger partial charge in [-0.1, -0.05) is 26.8 Å². The molecule has 0 saturated heterocycles. The summed E-state index contributed by atoms with van der Waals surface area (Å²) >= 11 is 0. The molecule has 0 aromatic heterocycles. The quantitative estimate of drug-likeness (QED) is 0.706. The van der Waals surface area contributed by atoms with Gasteiger partial charge in [-0.25, -0.2) is 0 Å². The predicted octanol–water partition coefficient (Wildman–Crippen LogP) is 2.62. The first-order chi connectivity index (χ1) is 7.94. The number of ether oxygens (including phenoxy) is 1. The van der Waals surface area contributed by atoms with E-state index in [0.29, 0.717) is 0 Å². The summed E-state index contributed by atoms with van der Waals surface area (Å²) in [7, 11) is 1.57. The van der Waals surface area contributed by atoms with Crippen molar-refractivity contribution in [3.8, 4) is 0 Å². The molecule has 1 heterocycles. The van der Waals surface area contributed by atoms with E-state index in [1.807, 2.05) is 4.90 Å². The molecule has 1 amide bonds. The highest BCUT2D eigenvalue weighted by Crippen LogP contribution is 2.36. The van der Waals surface area contributed by atoms with E-state index < -0.39 is 0 Å². The van der Waals surface area contributed by atoms with Gasteiger partial charge < -0.3 is 9.64 Å². The highest BCUT2D eigenvalue weighted by Gasteiger charge is 2.32. The SMILES string of the molecule is CCC(C)(C)C1=CCCN(C(=O)COC)[C@@H]1C. The van der Waals surface area contributed by atoms with Gasteiger partial charge in [0.1, 0.15) is 6.61 Å². The maximum absolute atomic E-state index is 11.9. The third kappa shape index (κ3) is 3.09. The number of hydrogen-bond acceptors (Lipinski definition) is 2. The standard InChI is InChI=1S/C14H25NO2/c1-6-14(3,4)12-8-7-9-15(11(12)2)13(16)10-17-5/h8,11H,6-7,9-10H2,1-5H3/t11-/m1/s1. The van der Waals surface area contributed by atoms with Crippen LogP contribution in [0.15, 0.2) is 11.6 Å².